The smallest absolute Gasteiger partial charge is 0.295 e. The summed E-state index contributed by atoms with van der Waals surface area (Å²) in [6.45, 7) is 6.31. The zero-order chi connectivity index (χ0) is 21.3. The summed E-state index contributed by atoms with van der Waals surface area (Å²) in [4.78, 5) is 1.43. The predicted molar refractivity (Wildman–Crippen MR) is 105 cm³/mol. The van der Waals surface area contributed by atoms with Crippen molar-refractivity contribution < 1.29 is 21.6 Å². The lowest BCUT2D eigenvalue weighted by atomic mass is 9.91. The van der Waals surface area contributed by atoms with Crippen LogP contribution in [-0.4, -0.2) is 44.7 Å². The summed E-state index contributed by atoms with van der Waals surface area (Å²) in [6.07, 6.45) is 3.14. The number of allylic oxidation sites excluding steroid dienone is 2. The minimum Gasteiger partial charge on any atom is -0.295 e. The summed E-state index contributed by atoms with van der Waals surface area (Å²) in [5.41, 5.74) is 1.09. The van der Waals surface area contributed by atoms with Crippen molar-refractivity contribution in [2.45, 2.75) is 56.8 Å². The third-order valence-corrected chi connectivity index (χ3v) is 6.90. The Hall–Kier alpha value is -1.64. The molecule has 1 N–H and O–H groups in total. The van der Waals surface area contributed by atoms with E-state index >= 15 is 0 Å². The molecule has 0 saturated heterocycles. The maximum absolute atomic E-state index is 13.7. The largest absolute Gasteiger partial charge is 0.406 e. The van der Waals surface area contributed by atoms with Gasteiger partial charge in [-0.3, -0.25) is 4.90 Å². The monoisotopic (exact) mass is 416 g/mol. The summed E-state index contributed by atoms with van der Waals surface area (Å²) >= 11 is 0. The second-order valence-electron chi connectivity index (χ2n) is 7.67. The topological polar surface area (TPSA) is 49.4 Å². The summed E-state index contributed by atoms with van der Waals surface area (Å²) in [5.74, 6) is 0. The third kappa shape index (κ3) is 5.04. The van der Waals surface area contributed by atoms with Crippen LogP contribution in [0.2, 0.25) is 0 Å². The van der Waals surface area contributed by atoms with Gasteiger partial charge in [0.1, 0.15) is 6.04 Å². The van der Waals surface area contributed by atoms with E-state index in [0.717, 1.165) is 5.56 Å². The van der Waals surface area contributed by atoms with E-state index in [9.17, 15) is 21.6 Å². The molecule has 0 fully saturated rings. The number of nitrogens with zero attached hydrogens (tertiary/aromatic N) is 1. The Labute approximate surface area is 165 Å². The summed E-state index contributed by atoms with van der Waals surface area (Å²) in [6, 6.07) is 1.08. The second-order valence-corrected chi connectivity index (χ2v) is 9.32. The van der Waals surface area contributed by atoms with Gasteiger partial charge in [-0.15, -0.1) is 0 Å². The zero-order valence-corrected chi connectivity index (χ0v) is 17.6. The summed E-state index contributed by atoms with van der Waals surface area (Å²) in [5, 5.41) is 0. The van der Waals surface area contributed by atoms with Gasteiger partial charge in [-0.1, -0.05) is 42.0 Å². The molecule has 1 aliphatic carbocycles. The molecule has 0 heterocycles. The normalized spacial score (nSPS) is 21.3. The second kappa shape index (κ2) is 8.00. The average molecular weight is 417 g/mol. The molecule has 4 nitrogen and oxygen atoms in total. The Balaban J connectivity index is 2.32. The Morgan fingerprint density at radius 3 is 2.21 bits per heavy atom. The first-order valence-electron chi connectivity index (χ1n) is 8.99. The highest BCUT2D eigenvalue weighted by Crippen LogP contribution is 2.29. The first-order chi connectivity index (χ1) is 12.8. The van der Waals surface area contributed by atoms with E-state index < -0.39 is 34.3 Å². The van der Waals surface area contributed by atoms with E-state index in [4.69, 9.17) is 0 Å². The van der Waals surface area contributed by atoms with Crippen LogP contribution in [0.3, 0.4) is 0 Å². The summed E-state index contributed by atoms with van der Waals surface area (Å²) in [7, 11) is -2.78. The molecular weight excluding hydrogens is 389 g/mol. The molecule has 1 aromatic carbocycles. The molecule has 156 valence electrons. The highest BCUT2D eigenvalue weighted by molar-refractivity contribution is 7.89. The van der Waals surface area contributed by atoms with Gasteiger partial charge in [0.05, 0.1) is 4.90 Å². The molecule has 2 rings (SSSR count). The maximum atomic E-state index is 13.7. The number of sulfonamides is 1. The number of hydrogen-bond acceptors (Lipinski definition) is 3. The number of nitrogens with one attached hydrogen (secondary N) is 1. The van der Waals surface area contributed by atoms with Gasteiger partial charge in [-0.2, -0.15) is 17.9 Å². The van der Waals surface area contributed by atoms with E-state index in [-0.39, 0.29) is 4.90 Å². The first kappa shape index (κ1) is 22.6. The maximum Gasteiger partial charge on any atom is 0.406 e. The lowest BCUT2D eigenvalue weighted by molar-refractivity contribution is -0.156. The van der Waals surface area contributed by atoms with Crippen LogP contribution < -0.4 is 4.72 Å². The Bertz CT molecular complexity index is 868. The molecule has 0 aromatic heterocycles. The Kier molecular flexibility index (Phi) is 6.47. The van der Waals surface area contributed by atoms with Crippen molar-refractivity contribution in [2.75, 3.05) is 13.6 Å². The molecule has 1 aliphatic rings. The molecule has 2 unspecified atom stereocenters. The van der Waals surface area contributed by atoms with Crippen molar-refractivity contribution in [3.63, 3.8) is 0 Å². The lowest BCUT2D eigenvalue weighted by Crippen LogP contribution is -2.55. The Morgan fingerprint density at radius 1 is 1.18 bits per heavy atom. The standard InChI is InChI=1S/C20H27F3N2O2S/c1-14-11-15(2)18(16(3)12-14)28(26,27)24-17(20(21,22)23)13-25(5)19(4)9-7-6-8-10-19/h6-9,11-12,17,24H,10,13H2,1-5H3. The van der Waals surface area contributed by atoms with E-state index in [2.05, 4.69) is 0 Å². The van der Waals surface area contributed by atoms with Crippen molar-refractivity contribution in [3.05, 3.63) is 53.1 Å². The highest BCUT2D eigenvalue weighted by Gasteiger charge is 2.45. The fourth-order valence-electron chi connectivity index (χ4n) is 3.53. The van der Waals surface area contributed by atoms with Crippen LogP contribution in [0.1, 0.15) is 30.0 Å². The number of hydrogen-bond donors (Lipinski definition) is 1. The van der Waals surface area contributed by atoms with Crippen molar-refractivity contribution >= 4 is 10.0 Å². The van der Waals surface area contributed by atoms with Gasteiger partial charge in [0, 0.05) is 12.1 Å². The van der Waals surface area contributed by atoms with Gasteiger partial charge in [-0.25, -0.2) is 8.42 Å². The SMILES string of the molecule is Cc1cc(C)c(S(=O)(=O)NC(CN(C)C2(C)C=CC=CC2)C(F)(F)F)c(C)c1. The average Bonchev–Trinajstić information content (AvgIpc) is 2.52. The van der Waals surface area contributed by atoms with Gasteiger partial charge in [0.2, 0.25) is 10.0 Å². The first-order valence-corrected chi connectivity index (χ1v) is 10.5. The number of alkyl halides is 3. The number of aryl methyl sites for hydroxylation is 3. The van der Waals surface area contributed by atoms with Crippen LogP contribution in [0.15, 0.2) is 41.3 Å². The van der Waals surface area contributed by atoms with Crippen molar-refractivity contribution in [3.8, 4) is 0 Å². The summed E-state index contributed by atoms with van der Waals surface area (Å²) < 4.78 is 68.6. The fraction of sp³-hybridized carbons (Fsp3) is 0.500. The molecule has 28 heavy (non-hydrogen) atoms. The van der Waals surface area contributed by atoms with Gasteiger partial charge >= 0.3 is 6.18 Å². The Morgan fingerprint density at radius 2 is 1.75 bits per heavy atom. The number of rotatable bonds is 6. The van der Waals surface area contributed by atoms with Crippen LogP contribution in [0.4, 0.5) is 13.2 Å². The highest BCUT2D eigenvalue weighted by atomic mass is 32.2. The molecule has 1 aromatic rings. The molecule has 0 bridgehead atoms. The molecule has 2 atom stereocenters. The van der Waals surface area contributed by atoms with Crippen molar-refractivity contribution in [1.29, 1.82) is 0 Å². The number of likely N-dealkylation sites (N-methyl/N-ethyl adjacent to an activating group) is 1. The lowest BCUT2D eigenvalue weighted by Gasteiger charge is -2.39. The van der Waals surface area contributed by atoms with Gasteiger partial charge in [-0.05, 0) is 52.3 Å². The number of halogens is 3. The molecule has 0 aliphatic heterocycles. The molecular formula is C20H27F3N2O2S. The van der Waals surface area contributed by atoms with Gasteiger partial charge < -0.3 is 0 Å². The predicted octanol–water partition coefficient (Wildman–Crippen LogP) is 4.03. The number of benzene rings is 1. The fourth-order valence-corrected chi connectivity index (χ4v) is 5.19. The molecule has 0 saturated carbocycles. The zero-order valence-electron chi connectivity index (χ0n) is 16.8. The van der Waals surface area contributed by atoms with E-state index in [1.54, 1.807) is 39.1 Å². The van der Waals surface area contributed by atoms with Crippen LogP contribution >= 0.6 is 0 Å². The van der Waals surface area contributed by atoms with Crippen molar-refractivity contribution in [1.82, 2.24) is 9.62 Å². The molecule has 0 amide bonds. The van der Waals surface area contributed by atoms with E-state index in [1.165, 1.54) is 4.90 Å². The van der Waals surface area contributed by atoms with E-state index in [1.807, 2.05) is 36.8 Å². The van der Waals surface area contributed by atoms with Crippen molar-refractivity contribution in [2.24, 2.45) is 0 Å². The van der Waals surface area contributed by atoms with E-state index in [0.29, 0.717) is 17.5 Å². The minimum atomic E-state index is -4.72. The quantitative estimate of drug-likeness (QED) is 0.762. The molecule has 0 spiro atoms. The van der Waals surface area contributed by atoms with Crippen LogP contribution in [0, 0.1) is 20.8 Å². The molecule has 0 radical (unpaired) electrons. The van der Waals surface area contributed by atoms with Gasteiger partial charge in [0.25, 0.3) is 0 Å². The third-order valence-electron chi connectivity index (χ3n) is 5.13. The van der Waals surface area contributed by atoms with Crippen LogP contribution in [0.5, 0.6) is 0 Å². The minimum absolute atomic E-state index is 0.0956. The molecule has 8 heteroatoms. The van der Waals surface area contributed by atoms with Gasteiger partial charge in [0.15, 0.2) is 0 Å². The van der Waals surface area contributed by atoms with Crippen LogP contribution in [-0.2, 0) is 10.0 Å². The van der Waals surface area contributed by atoms with Crippen LogP contribution in [0.25, 0.3) is 0 Å².